The number of aryl methyl sites for hydroxylation is 1. The third kappa shape index (κ3) is 4.03. The van der Waals surface area contributed by atoms with E-state index in [0.717, 1.165) is 22.9 Å². The number of hydrogen-bond donors (Lipinski definition) is 1. The molecule has 0 saturated carbocycles. The Kier molecular flexibility index (Phi) is 6.29. The first-order valence-corrected chi connectivity index (χ1v) is 12.1. The van der Waals surface area contributed by atoms with Crippen LogP contribution in [0.5, 0.6) is 5.75 Å². The number of benzene rings is 3. The second-order valence-corrected chi connectivity index (χ2v) is 9.17. The molecule has 1 amide bonds. The number of para-hydroxylation sites is 1. The molecule has 6 nitrogen and oxygen atoms in total. The minimum absolute atomic E-state index is 0.0264. The number of rotatable bonds is 6. The van der Waals surface area contributed by atoms with Gasteiger partial charge < -0.3 is 14.4 Å². The van der Waals surface area contributed by atoms with Crippen molar-refractivity contribution in [1.82, 2.24) is 4.57 Å². The van der Waals surface area contributed by atoms with Crippen LogP contribution in [0.1, 0.15) is 30.5 Å². The topological polar surface area (TPSA) is 71.8 Å². The molecule has 7 heteroatoms. The summed E-state index contributed by atoms with van der Waals surface area (Å²) < 4.78 is 7.59. The maximum Gasteiger partial charge on any atom is 0.300 e. The van der Waals surface area contributed by atoms with Crippen LogP contribution in [0, 0.1) is 0 Å². The van der Waals surface area contributed by atoms with Gasteiger partial charge in [-0.25, -0.2) is 0 Å². The first-order valence-electron chi connectivity index (χ1n) is 11.7. The summed E-state index contributed by atoms with van der Waals surface area (Å²) in [5, 5.41) is 12.7. The zero-order valence-electron chi connectivity index (χ0n) is 19.9. The molecule has 1 N–H and O–H groups in total. The maximum atomic E-state index is 13.5. The van der Waals surface area contributed by atoms with Gasteiger partial charge in [-0.3, -0.25) is 14.5 Å². The first-order chi connectivity index (χ1) is 17.4. The molecular weight excluding hydrogens is 476 g/mol. The van der Waals surface area contributed by atoms with Crippen molar-refractivity contribution in [1.29, 1.82) is 0 Å². The lowest BCUT2D eigenvalue weighted by atomic mass is 9.94. The van der Waals surface area contributed by atoms with Crippen LogP contribution in [-0.4, -0.2) is 28.0 Å². The minimum Gasteiger partial charge on any atom is -0.507 e. The number of ketones is 1. The predicted molar refractivity (Wildman–Crippen MR) is 141 cm³/mol. The third-order valence-corrected chi connectivity index (χ3v) is 6.59. The Morgan fingerprint density at radius 3 is 2.50 bits per heavy atom. The van der Waals surface area contributed by atoms with Gasteiger partial charge in [-0.15, -0.1) is 0 Å². The van der Waals surface area contributed by atoms with Gasteiger partial charge in [0, 0.05) is 46.0 Å². The molecule has 1 fully saturated rings. The molecule has 1 atom stereocenters. The number of nitrogens with zero attached hydrogens (tertiary/aromatic N) is 2. The molecule has 0 radical (unpaired) electrons. The highest BCUT2D eigenvalue weighted by Gasteiger charge is 2.47. The number of ether oxygens (including phenoxy) is 1. The van der Waals surface area contributed by atoms with Crippen molar-refractivity contribution in [3.8, 4) is 5.75 Å². The van der Waals surface area contributed by atoms with Crippen molar-refractivity contribution in [3.05, 3.63) is 101 Å². The highest BCUT2D eigenvalue weighted by atomic mass is 35.5. The zero-order chi connectivity index (χ0) is 25.4. The molecule has 1 saturated heterocycles. The first kappa shape index (κ1) is 23.7. The highest BCUT2D eigenvalue weighted by Crippen LogP contribution is 2.45. The van der Waals surface area contributed by atoms with E-state index in [1.54, 1.807) is 48.5 Å². The van der Waals surface area contributed by atoms with E-state index in [2.05, 4.69) is 0 Å². The summed E-state index contributed by atoms with van der Waals surface area (Å²) in [5.74, 6) is -1.05. The lowest BCUT2D eigenvalue weighted by Gasteiger charge is -2.25. The molecule has 0 bridgehead atoms. The number of hydrogen-bond acceptors (Lipinski definition) is 4. The Bertz CT molecular complexity index is 1500. The molecule has 0 aliphatic carbocycles. The smallest absolute Gasteiger partial charge is 0.300 e. The van der Waals surface area contributed by atoms with Crippen LogP contribution in [0.25, 0.3) is 16.7 Å². The van der Waals surface area contributed by atoms with Gasteiger partial charge in [-0.1, -0.05) is 42.8 Å². The monoisotopic (exact) mass is 500 g/mol. The molecular formula is C29H25ClN2O4. The molecule has 4 aromatic rings. The van der Waals surface area contributed by atoms with Crippen molar-refractivity contribution in [2.24, 2.45) is 7.05 Å². The maximum absolute atomic E-state index is 13.5. The zero-order valence-corrected chi connectivity index (χ0v) is 20.7. The predicted octanol–water partition coefficient (Wildman–Crippen LogP) is 6.25. The van der Waals surface area contributed by atoms with Crippen LogP contribution in [0.2, 0.25) is 5.02 Å². The van der Waals surface area contributed by atoms with E-state index in [1.165, 1.54) is 4.90 Å². The van der Waals surface area contributed by atoms with Gasteiger partial charge in [0.25, 0.3) is 11.7 Å². The Balaban J connectivity index is 1.72. The molecule has 0 spiro atoms. The molecule has 2 heterocycles. The fourth-order valence-electron chi connectivity index (χ4n) is 4.69. The lowest BCUT2D eigenvalue weighted by Crippen LogP contribution is -2.29. The lowest BCUT2D eigenvalue weighted by molar-refractivity contribution is -0.132. The summed E-state index contributed by atoms with van der Waals surface area (Å²) in [5.41, 5.74) is 2.61. The molecule has 1 aliphatic heterocycles. The van der Waals surface area contributed by atoms with Gasteiger partial charge in [0.2, 0.25) is 0 Å². The van der Waals surface area contributed by atoms with Crippen molar-refractivity contribution in [2.45, 2.75) is 19.4 Å². The molecule has 1 aromatic heterocycles. The van der Waals surface area contributed by atoms with E-state index in [-0.39, 0.29) is 11.3 Å². The van der Waals surface area contributed by atoms with Crippen LogP contribution in [0.4, 0.5) is 5.69 Å². The number of aliphatic hydroxyl groups is 1. The molecule has 36 heavy (non-hydrogen) atoms. The van der Waals surface area contributed by atoms with E-state index in [9.17, 15) is 14.7 Å². The van der Waals surface area contributed by atoms with E-state index in [0.29, 0.717) is 28.6 Å². The molecule has 1 unspecified atom stereocenters. The Morgan fingerprint density at radius 2 is 1.78 bits per heavy atom. The van der Waals surface area contributed by atoms with Crippen molar-refractivity contribution >= 4 is 45.6 Å². The number of Topliss-reactive ketones (excluding diaryl/α,β-unsaturated/α-hetero) is 1. The van der Waals surface area contributed by atoms with Crippen LogP contribution < -0.4 is 9.64 Å². The summed E-state index contributed by atoms with van der Waals surface area (Å²) in [6.07, 6.45) is 2.77. The number of aromatic nitrogens is 1. The molecule has 5 rings (SSSR count). The second kappa shape index (κ2) is 9.55. The average Bonchev–Trinajstić information content (AvgIpc) is 3.36. The number of fused-ring (bicyclic) bond motifs is 1. The van der Waals surface area contributed by atoms with Crippen LogP contribution >= 0.6 is 11.6 Å². The number of carbonyl (C=O) groups excluding carboxylic acids is 2. The van der Waals surface area contributed by atoms with Crippen molar-refractivity contribution in [2.75, 3.05) is 11.5 Å². The van der Waals surface area contributed by atoms with Gasteiger partial charge in [-0.2, -0.15) is 0 Å². The molecule has 182 valence electrons. The third-order valence-electron chi connectivity index (χ3n) is 6.35. The summed E-state index contributed by atoms with van der Waals surface area (Å²) in [6.45, 7) is 2.60. The SMILES string of the molecule is CCCOc1ccc(/C(O)=C2\C(=O)C(=O)N(c3cccc(Cl)c3)C2c2cn(C)c3ccccc23)cc1. The van der Waals surface area contributed by atoms with E-state index in [1.807, 2.05) is 49.0 Å². The number of amides is 1. The standard InChI is InChI=1S/C29H25ClN2O4/c1-3-15-36-21-13-11-18(12-14-21)27(33)25-26(23-17-31(2)24-10-5-4-9-22(23)24)32(29(35)28(25)34)20-8-6-7-19(30)16-20/h4-14,16-17,26,33H,3,15H2,1-2H3/b27-25+. The highest BCUT2D eigenvalue weighted by molar-refractivity contribution is 6.52. The van der Waals surface area contributed by atoms with E-state index >= 15 is 0 Å². The van der Waals surface area contributed by atoms with Crippen LogP contribution in [-0.2, 0) is 16.6 Å². The van der Waals surface area contributed by atoms with Crippen molar-refractivity contribution in [3.63, 3.8) is 0 Å². The average molecular weight is 501 g/mol. The Hall–Kier alpha value is -4.03. The van der Waals surface area contributed by atoms with E-state index in [4.69, 9.17) is 16.3 Å². The van der Waals surface area contributed by atoms with Gasteiger partial charge in [-0.05, 0) is 55.0 Å². The van der Waals surface area contributed by atoms with Crippen LogP contribution in [0.3, 0.4) is 0 Å². The largest absolute Gasteiger partial charge is 0.507 e. The number of halogens is 1. The van der Waals surface area contributed by atoms with Gasteiger partial charge in [0.05, 0.1) is 18.2 Å². The van der Waals surface area contributed by atoms with Gasteiger partial charge in [0.15, 0.2) is 0 Å². The Labute approximate surface area is 214 Å². The number of carbonyl (C=O) groups is 2. The van der Waals surface area contributed by atoms with Gasteiger partial charge >= 0.3 is 0 Å². The van der Waals surface area contributed by atoms with Crippen LogP contribution in [0.15, 0.2) is 84.6 Å². The molecule has 3 aromatic carbocycles. The Morgan fingerprint density at radius 1 is 1.03 bits per heavy atom. The fraction of sp³-hybridized carbons (Fsp3) is 0.172. The molecule has 1 aliphatic rings. The summed E-state index contributed by atoms with van der Waals surface area (Å²) in [7, 11) is 1.91. The quantitative estimate of drug-likeness (QED) is 0.193. The summed E-state index contributed by atoms with van der Waals surface area (Å²) >= 11 is 6.25. The fourth-order valence-corrected chi connectivity index (χ4v) is 4.88. The second-order valence-electron chi connectivity index (χ2n) is 8.73. The minimum atomic E-state index is -0.842. The number of aliphatic hydroxyl groups excluding tert-OH is 1. The van der Waals surface area contributed by atoms with Crippen molar-refractivity contribution < 1.29 is 19.4 Å². The summed E-state index contributed by atoms with van der Waals surface area (Å²) in [4.78, 5) is 28.3. The number of anilines is 1. The van der Waals surface area contributed by atoms with Gasteiger partial charge in [0.1, 0.15) is 11.5 Å². The normalized spacial score (nSPS) is 17.2. The van der Waals surface area contributed by atoms with E-state index < -0.39 is 17.7 Å². The summed E-state index contributed by atoms with van der Waals surface area (Å²) in [6, 6.07) is 20.6.